The number of nitrogens with one attached hydrogen (secondary N) is 8. The zero-order valence-electron chi connectivity index (χ0n) is 28.8. The third-order valence-corrected chi connectivity index (χ3v) is 8.78. The minimum atomic E-state index is -1.34. The molecule has 0 spiro atoms. The molecule has 0 fully saturated rings. The van der Waals surface area contributed by atoms with Gasteiger partial charge in [0.1, 0.15) is 24.2 Å². The molecule has 282 valence electrons. The summed E-state index contributed by atoms with van der Waals surface area (Å²) < 4.78 is 0. The van der Waals surface area contributed by atoms with E-state index in [1.807, 2.05) is 24.3 Å². The Kier molecular flexibility index (Phi) is 14.8. The summed E-state index contributed by atoms with van der Waals surface area (Å²) >= 11 is 4.07. The maximum absolute atomic E-state index is 14.0. The van der Waals surface area contributed by atoms with Crippen molar-refractivity contribution >= 4 is 59.1 Å². The van der Waals surface area contributed by atoms with Crippen LogP contribution in [0.5, 0.6) is 0 Å². The van der Waals surface area contributed by atoms with Crippen molar-refractivity contribution in [1.29, 1.82) is 5.41 Å². The molecular formula is C35H45N11O6S. The lowest BCUT2D eigenvalue weighted by atomic mass is 10.0. The largest absolute Gasteiger partial charge is 0.480 e. The average Bonchev–Trinajstić information content (AvgIpc) is 3.81. The number of aromatic amines is 2. The van der Waals surface area contributed by atoms with Gasteiger partial charge in [0.05, 0.1) is 18.1 Å². The molecule has 17 nitrogen and oxygen atoms in total. The molecule has 13 N–H and O–H groups in total. The van der Waals surface area contributed by atoms with Crippen molar-refractivity contribution in [3.05, 3.63) is 90.1 Å². The number of carboxylic acids is 1. The number of benzene rings is 2. The standard InChI is InChI=1S/C35H45N11O6S/c36-24(18-53)30(47)44-28(15-22-17-39-19-42-22)33(50)45-27(13-20-7-2-1-3-8-20)32(49)43-26(11-6-12-40-35(37)38)31(48)46-29(34(51)52)14-21-16-41-25-10-5-4-9-23(21)25/h1-5,7-10,16-17,19,24,26-29,41,53H,6,11-15,18,36H2,(H,39,42)(H,43,49)(H,44,47)(H,45,50)(H,46,48)(H,51,52)(H4,37,38,40)/t24-,26-,27+,28-,29-/m0/s1. The van der Waals surface area contributed by atoms with Gasteiger partial charge in [-0.25, -0.2) is 9.78 Å². The number of aliphatic carboxylic acids is 1. The second-order valence-electron chi connectivity index (χ2n) is 12.4. The summed E-state index contributed by atoms with van der Waals surface area (Å²) in [6.07, 6.45) is 4.90. The van der Waals surface area contributed by atoms with Gasteiger partial charge in [0.25, 0.3) is 0 Å². The van der Waals surface area contributed by atoms with Crippen LogP contribution in [-0.4, -0.2) is 98.1 Å². The van der Waals surface area contributed by atoms with E-state index in [-0.39, 0.29) is 50.4 Å². The molecule has 0 bridgehead atoms. The fraction of sp³-hybridized carbons (Fsp3) is 0.343. The van der Waals surface area contributed by atoms with Gasteiger partial charge < -0.3 is 53.1 Å². The van der Waals surface area contributed by atoms with E-state index in [1.165, 1.54) is 6.33 Å². The van der Waals surface area contributed by atoms with Crippen molar-refractivity contribution < 1.29 is 29.1 Å². The van der Waals surface area contributed by atoms with E-state index in [0.717, 1.165) is 10.9 Å². The van der Waals surface area contributed by atoms with Crippen molar-refractivity contribution in [1.82, 2.24) is 41.5 Å². The number of H-pyrrole nitrogens is 2. The first-order valence-electron chi connectivity index (χ1n) is 16.9. The number of imidazole rings is 1. The van der Waals surface area contributed by atoms with E-state index in [9.17, 15) is 29.1 Å². The van der Waals surface area contributed by atoms with Crippen molar-refractivity contribution in [2.24, 2.45) is 11.5 Å². The molecule has 5 atom stereocenters. The normalized spacial score (nSPS) is 13.8. The topological polar surface area (TPSA) is 286 Å². The summed E-state index contributed by atoms with van der Waals surface area (Å²) in [5.41, 5.74) is 13.9. The molecule has 2 aromatic heterocycles. The van der Waals surface area contributed by atoms with Crippen LogP contribution in [0.25, 0.3) is 10.9 Å². The van der Waals surface area contributed by atoms with E-state index >= 15 is 0 Å². The summed E-state index contributed by atoms with van der Waals surface area (Å²) in [4.78, 5) is 76.7. The SMILES string of the molecule is N=C(N)NCCC[C@H](NC(=O)[C@@H](Cc1ccccc1)NC(=O)[C@H](Cc1c[nH]cn1)NC(=O)[C@@H](N)CS)C(=O)N[C@@H](Cc1c[nH]c2ccccc12)C(=O)O. The number of nitrogens with two attached hydrogens (primary N) is 2. The molecule has 4 amide bonds. The number of guanidine groups is 1. The van der Waals surface area contributed by atoms with Crippen LogP contribution in [-0.2, 0) is 43.2 Å². The molecule has 0 aliphatic rings. The Labute approximate surface area is 310 Å². The molecule has 0 radical (unpaired) electrons. The molecule has 18 heteroatoms. The van der Waals surface area contributed by atoms with Crippen LogP contribution < -0.4 is 38.1 Å². The molecule has 4 rings (SSSR count). The number of carboxylic acid groups (broad SMARTS) is 1. The van der Waals surface area contributed by atoms with E-state index < -0.39 is 59.8 Å². The number of aromatic nitrogens is 3. The van der Waals surface area contributed by atoms with Gasteiger partial charge in [-0.15, -0.1) is 0 Å². The lowest BCUT2D eigenvalue weighted by Crippen LogP contribution is -2.59. The van der Waals surface area contributed by atoms with Gasteiger partial charge in [-0.05, 0) is 30.0 Å². The number of carbonyl (C=O) groups excluding carboxylic acids is 4. The van der Waals surface area contributed by atoms with Gasteiger partial charge in [0, 0.05) is 54.9 Å². The van der Waals surface area contributed by atoms with E-state index in [2.05, 4.69) is 54.2 Å². The van der Waals surface area contributed by atoms with E-state index in [1.54, 1.807) is 42.7 Å². The first-order valence-corrected chi connectivity index (χ1v) is 17.5. The molecular weight excluding hydrogens is 703 g/mol. The smallest absolute Gasteiger partial charge is 0.326 e. The Morgan fingerprint density at radius 1 is 0.811 bits per heavy atom. The Balaban J connectivity index is 1.56. The molecule has 0 aliphatic carbocycles. The summed E-state index contributed by atoms with van der Waals surface area (Å²) in [6, 6.07) is 10.2. The lowest BCUT2D eigenvalue weighted by molar-refractivity contribution is -0.142. The van der Waals surface area contributed by atoms with Crippen LogP contribution in [0, 0.1) is 5.41 Å². The predicted molar refractivity (Wildman–Crippen MR) is 201 cm³/mol. The molecule has 0 saturated heterocycles. The number of thiol groups is 1. The Hall–Kier alpha value is -5.88. The van der Waals surface area contributed by atoms with Gasteiger partial charge in [-0.3, -0.25) is 24.6 Å². The minimum Gasteiger partial charge on any atom is -0.480 e. The van der Waals surface area contributed by atoms with Crippen LogP contribution >= 0.6 is 12.6 Å². The highest BCUT2D eigenvalue weighted by molar-refractivity contribution is 7.80. The molecule has 0 unspecified atom stereocenters. The number of fused-ring (bicyclic) bond motifs is 1. The van der Waals surface area contributed by atoms with Gasteiger partial charge in [-0.1, -0.05) is 48.5 Å². The highest BCUT2D eigenvalue weighted by atomic mass is 32.1. The number of carbonyl (C=O) groups is 5. The van der Waals surface area contributed by atoms with Crippen molar-refractivity contribution in [2.75, 3.05) is 12.3 Å². The lowest BCUT2D eigenvalue weighted by Gasteiger charge is -2.26. The minimum absolute atomic E-state index is 0.0101. The average molecular weight is 748 g/mol. The first kappa shape index (κ1) is 39.9. The quantitative estimate of drug-likeness (QED) is 0.0237. The number of amides is 4. The van der Waals surface area contributed by atoms with Crippen LogP contribution in [0.4, 0.5) is 0 Å². The van der Waals surface area contributed by atoms with Gasteiger partial charge in [0.2, 0.25) is 23.6 Å². The molecule has 0 aliphatic heterocycles. The molecule has 2 heterocycles. The summed E-state index contributed by atoms with van der Waals surface area (Å²) in [7, 11) is 0. The monoisotopic (exact) mass is 747 g/mol. The number of para-hydroxylation sites is 1. The summed E-state index contributed by atoms with van der Waals surface area (Å²) in [6.45, 7) is 0.194. The number of hydrogen-bond donors (Lipinski definition) is 12. The summed E-state index contributed by atoms with van der Waals surface area (Å²) in [5.74, 6) is -4.36. The molecule has 4 aromatic rings. The molecule has 53 heavy (non-hydrogen) atoms. The second kappa shape index (κ2) is 19.7. The van der Waals surface area contributed by atoms with Crippen molar-refractivity contribution in [2.45, 2.75) is 62.3 Å². The van der Waals surface area contributed by atoms with E-state index in [0.29, 0.717) is 16.8 Å². The molecule has 2 aromatic carbocycles. The van der Waals surface area contributed by atoms with Gasteiger partial charge >= 0.3 is 5.97 Å². The summed E-state index contributed by atoms with van der Waals surface area (Å²) in [5, 5.41) is 31.6. The third kappa shape index (κ3) is 12.1. The Morgan fingerprint density at radius 3 is 2.09 bits per heavy atom. The van der Waals surface area contributed by atoms with Gasteiger partial charge in [0.15, 0.2) is 5.96 Å². The fourth-order valence-electron chi connectivity index (χ4n) is 5.58. The predicted octanol–water partition coefficient (Wildman–Crippen LogP) is -0.537. The third-order valence-electron chi connectivity index (χ3n) is 8.38. The number of hydrogen-bond acceptors (Lipinski definition) is 9. The fourth-order valence-corrected chi connectivity index (χ4v) is 5.74. The Morgan fingerprint density at radius 2 is 1.43 bits per heavy atom. The van der Waals surface area contributed by atoms with Crippen molar-refractivity contribution in [3.8, 4) is 0 Å². The zero-order valence-corrected chi connectivity index (χ0v) is 29.7. The van der Waals surface area contributed by atoms with Crippen molar-refractivity contribution in [3.63, 3.8) is 0 Å². The maximum atomic E-state index is 14.0. The highest BCUT2D eigenvalue weighted by Gasteiger charge is 2.32. The second-order valence-corrected chi connectivity index (χ2v) is 12.7. The molecule has 0 saturated carbocycles. The zero-order chi connectivity index (χ0) is 38.3. The van der Waals surface area contributed by atoms with Gasteiger partial charge in [-0.2, -0.15) is 12.6 Å². The maximum Gasteiger partial charge on any atom is 0.326 e. The highest BCUT2D eigenvalue weighted by Crippen LogP contribution is 2.19. The van der Waals surface area contributed by atoms with Crippen LogP contribution in [0.2, 0.25) is 0 Å². The van der Waals surface area contributed by atoms with E-state index in [4.69, 9.17) is 16.9 Å². The van der Waals surface area contributed by atoms with Crippen LogP contribution in [0.15, 0.2) is 73.3 Å². The Bertz CT molecular complexity index is 1850. The van der Waals surface area contributed by atoms with Crippen LogP contribution in [0.3, 0.4) is 0 Å². The number of rotatable bonds is 20. The van der Waals surface area contributed by atoms with Crippen LogP contribution in [0.1, 0.15) is 29.7 Å². The number of nitrogens with zero attached hydrogens (tertiary/aromatic N) is 1. The first-order chi connectivity index (χ1) is 25.4.